The van der Waals surface area contributed by atoms with E-state index < -0.39 is 0 Å². The minimum absolute atomic E-state index is 0.0831. The molecule has 0 saturated carbocycles. The summed E-state index contributed by atoms with van der Waals surface area (Å²) >= 11 is 0. The number of hydrogen-bond acceptors (Lipinski definition) is 3. The van der Waals surface area contributed by atoms with Gasteiger partial charge in [-0.05, 0) is 133 Å². The molecule has 4 nitrogen and oxygen atoms in total. The number of aromatic nitrogens is 4. The Bertz CT molecular complexity index is 3490. The Labute approximate surface area is 363 Å². The maximum Gasteiger partial charge on any atom is 0.164 e. The molecule has 0 bridgehead atoms. The minimum Gasteiger partial charge on any atom is -0.309 e. The standard InChI is InChI=1S/C58H48N4/c1-56(2)28-29-57(3,4)50-34-52-46(33-49(50)56)45-30-37-15-7-8-16-38(37)32-51(45)62(52)40-25-22-36(23-26-40)53-59-54(61-55(60-53)43-20-13-17-35-14-9-10-18-41(35)43)39-24-27-48-44(31-39)42-19-11-12-21-47(42)58(48,5)6/h7-27,30-34H,28-29H2,1-6H3. The zero-order valence-electron chi connectivity index (χ0n) is 36.2. The van der Waals surface area contributed by atoms with Gasteiger partial charge in [-0.1, -0.05) is 145 Å². The van der Waals surface area contributed by atoms with E-state index in [1.54, 1.807) is 0 Å². The quantitative estimate of drug-likeness (QED) is 0.178. The molecule has 0 spiro atoms. The van der Waals surface area contributed by atoms with Crippen LogP contribution in [-0.2, 0) is 16.2 Å². The molecule has 2 aliphatic carbocycles. The Morgan fingerprint density at radius 1 is 0.387 bits per heavy atom. The van der Waals surface area contributed by atoms with Crippen molar-refractivity contribution >= 4 is 43.4 Å². The van der Waals surface area contributed by atoms with Gasteiger partial charge in [0.2, 0.25) is 0 Å². The molecule has 2 heterocycles. The van der Waals surface area contributed by atoms with E-state index in [2.05, 4.69) is 204 Å². The van der Waals surface area contributed by atoms with Gasteiger partial charge in [-0.25, -0.2) is 15.0 Å². The Hall–Kier alpha value is -6.91. The Morgan fingerprint density at radius 3 is 1.71 bits per heavy atom. The van der Waals surface area contributed by atoms with Crippen LogP contribution < -0.4 is 0 Å². The fourth-order valence-corrected chi connectivity index (χ4v) is 10.8. The third kappa shape index (κ3) is 5.48. The lowest BCUT2D eigenvalue weighted by Crippen LogP contribution is -2.33. The largest absolute Gasteiger partial charge is 0.309 e. The number of nitrogens with zero attached hydrogens (tertiary/aromatic N) is 4. The van der Waals surface area contributed by atoms with Gasteiger partial charge in [-0.3, -0.25) is 0 Å². The summed E-state index contributed by atoms with van der Waals surface area (Å²) in [5.41, 5.74) is 14.7. The molecular formula is C58H48N4. The van der Waals surface area contributed by atoms with Crippen molar-refractivity contribution in [3.05, 3.63) is 180 Å². The first-order valence-electron chi connectivity index (χ1n) is 22.1. The van der Waals surface area contributed by atoms with Crippen LogP contribution in [0.25, 0.3) is 94.3 Å². The molecule has 300 valence electrons. The summed E-state index contributed by atoms with van der Waals surface area (Å²) in [4.78, 5) is 15.8. The van der Waals surface area contributed by atoms with Crippen molar-refractivity contribution in [3.63, 3.8) is 0 Å². The molecule has 0 fully saturated rings. The van der Waals surface area contributed by atoms with Crippen molar-refractivity contribution in [2.45, 2.75) is 70.6 Å². The van der Waals surface area contributed by atoms with Crippen LogP contribution in [0.3, 0.4) is 0 Å². The third-order valence-electron chi connectivity index (χ3n) is 14.5. The van der Waals surface area contributed by atoms with Crippen molar-refractivity contribution in [2.24, 2.45) is 0 Å². The molecule has 0 saturated heterocycles. The molecule has 0 unspecified atom stereocenters. The van der Waals surface area contributed by atoms with Gasteiger partial charge in [0.05, 0.1) is 11.0 Å². The van der Waals surface area contributed by atoms with E-state index in [1.807, 2.05) is 0 Å². The summed E-state index contributed by atoms with van der Waals surface area (Å²) in [6.45, 7) is 14.3. The molecule has 0 radical (unpaired) electrons. The summed E-state index contributed by atoms with van der Waals surface area (Å²) in [5.74, 6) is 1.98. The van der Waals surface area contributed by atoms with Gasteiger partial charge in [-0.2, -0.15) is 0 Å². The summed E-state index contributed by atoms with van der Waals surface area (Å²) in [6, 6.07) is 57.8. The Morgan fingerprint density at radius 2 is 0.935 bits per heavy atom. The van der Waals surface area contributed by atoms with Crippen LogP contribution in [0.4, 0.5) is 0 Å². The molecule has 12 rings (SSSR count). The third-order valence-corrected chi connectivity index (χ3v) is 14.5. The van der Waals surface area contributed by atoms with Crippen LogP contribution in [0.15, 0.2) is 158 Å². The zero-order valence-corrected chi connectivity index (χ0v) is 36.2. The van der Waals surface area contributed by atoms with E-state index >= 15 is 0 Å². The SMILES string of the molecule is CC1(C)CCC(C)(C)c2cc3c(cc21)c1cc2ccccc2cc1n3-c1ccc(-c2nc(-c3ccc4c(c3)-c3ccccc3C4(C)C)nc(-c3cccc4ccccc34)n2)cc1. The second kappa shape index (κ2) is 13.0. The van der Waals surface area contributed by atoms with E-state index in [0.717, 1.165) is 33.2 Å². The lowest BCUT2D eigenvalue weighted by molar-refractivity contribution is 0.332. The highest BCUT2D eigenvalue weighted by atomic mass is 15.0. The number of rotatable bonds is 4. The molecule has 62 heavy (non-hydrogen) atoms. The predicted molar refractivity (Wildman–Crippen MR) is 258 cm³/mol. The van der Waals surface area contributed by atoms with Crippen LogP contribution in [0.5, 0.6) is 0 Å². The summed E-state index contributed by atoms with van der Waals surface area (Å²) < 4.78 is 2.48. The van der Waals surface area contributed by atoms with Gasteiger partial charge >= 0.3 is 0 Å². The van der Waals surface area contributed by atoms with Crippen molar-refractivity contribution in [3.8, 4) is 51.0 Å². The predicted octanol–water partition coefficient (Wildman–Crippen LogP) is 14.9. The summed E-state index contributed by atoms with van der Waals surface area (Å²) in [5, 5.41) is 7.36. The van der Waals surface area contributed by atoms with E-state index in [-0.39, 0.29) is 16.2 Å². The van der Waals surface area contributed by atoms with E-state index in [1.165, 1.54) is 78.8 Å². The monoisotopic (exact) mass is 800 g/mol. The maximum absolute atomic E-state index is 5.27. The normalized spacial score (nSPS) is 15.8. The van der Waals surface area contributed by atoms with Crippen LogP contribution in [0, 0.1) is 0 Å². The molecule has 8 aromatic carbocycles. The highest BCUT2D eigenvalue weighted by molar-refractivity contribution is 6.14. The highest BCUT2D eigenvalue weighted by Gasteiger charge is 2.38. The van der Waals surface area contributed by atoms with E-state index in [4.69, 9.17) is 15.0 Å². The smallest absolute Gasteiger partial charge is 0.164 e. The lowest BCUT2D eigenvalue weighted by atomic mass is 9.63. The molecule has 0 aliphatic heterocycles. The minimum atomic E-state index is -0.0831. The number of benzene rings is 8. The van der Waals surface area contributed by atoms with Crippen LogP contribution in [0.2, 0.25) is 0 Å². The number of fused-ring (bicyclic) bond motifs is 9. The van der Waals surface area contributed by atoms with Crippen LogP contribution in [-0.4, -0.2) is 19.5 Å². The molecule has 0 atom stereocenters. The lowest BCUT2D eigenvalue weighted by Gasteiger charge is -2.42. The van der Waals surface area contributed by atoms with E-state index in [0.29, 0.717) is 17.5 Å². The Kier molecular flexibility index (Phi) is 7.77. The van der Waals surface area contributed by atoms with Gasteiger partial charge < -0.3 is 4.57 Å². The fraction of sp³-hybridized carbons (Fsp3) is 0.190. The molecule has 0 amide bonds. The molecule has 0 N–H and O–H groups in total. The van der Waals surface area contributed by atoms with E-state index in [9.17, 15) is 0 Å². The van der Waals surface area contributed by atoms with Crippen molar-refractivity contribution < 1.29 is 0 Å². The molecule has 4 heteroatoms. The zero-order chi connectivity index (χ0) is 42.1. The first-order chi connectivity index (χ1) is 29.9. The van der Waals surface area contributed by atoms with Crippen molar-refractivity contribution in [2.75, 3.05) is 0 Å². The fourth-order valence-electron chi connectivity index (χ4n) is 10.8. The van der Waals surface area contributed by atoms with Crippen LogP contribution >= 0.6 is 0 Å². The highest BCUT2D eigenvalue weighted by Crippen LogP contribution is 2.51. The second-order valence-corrected chi connectivity index (χ2v) is 19.5. The molecule has 10 aromatic rings. The first kappa shape index (κ1) is 36.9. The average molecular weight is 801 g/mol. The van der Waals surface area contributed by atoms with Crippen LogP contribution in [0.1, 0.15) is 76.6 Å². The molecular weight excluding hydrogens is 753 g/mol. The van der Waals surface area contributed by atoms with Crippen molar-refractivity contribution in [1.82, 2.24) is 19.5 Å². The van der Waals surface area contributed by atoms with Gasteiger partial charge in [0, 0.05) is 38.6 Å². The van der Waals surface area contributed by atoms with Gasteiger partial charge in [-0.15, -0.1) is 0 Å². The van der Waals surface area contributed by atoms with Gasteiger partial charge in [0.1, 0.15) is 0 Å². The summed E-state index contributed by atoms with van der Waals surface area (Å²) in [6.07, 6.45) is 2.35. The first-order valence-corrected chi connectivity index (χ1v) is 22.1. The number of hydrogen-bond donors (Lipinski definition) is 0. The molecule has 2 aliphatic rings. The Balaban J connectivity index is 1.05. The average Bonchev–Trinajstić information content (AvgIpc) is 3.73. The van der Waals surface area contributed by atoms with Gasteiger partial charge in [0.15, 0.2) is 17.5 Å². The summed E-state index contributed by atoms with van der Waals surface area (Å²) in [7, 11) is 0. The molecule has 2 aromatic heterocycles. The topological polar surface area (TPSA) is 43.6 Å². The maximum atomic E-state index is 5.27. The van der Waals surface area contributed by atoms with Gasteiger partial charge in [0.25, 0.3) is 0 Å². The second-order valence-electron chi connectivity index (χ2n) is 19.5. The van der Waals surface area contributed by atoms with Crippen molar-refractivity contribution in [1.29, 1.82) is 0 Å².